The van der Waals surface area contributed by atoms with Gasteiger partial charge in [-0.25, -0.2) is 0 Å². The van der Waals surface area contributed by atoms with Crippen LogP contribution in [0.3, 0.4) is 0 Å². The smallest absolute Gasteiger partial charge is 0.251 e. The molecule has 0 atom stereocenters. The predicted molar refractivity (Wildman–Crippen MR) is 41.7 cm³/mol. The van der Waals surface area contributed by atoms with Gasteiger partial charge in [0, 0.05) is 19.3 Å². The second kappa shape index (κ2) is 2.64. The zero-order valence-corrected chi connectivity index (χ0v) is 6.78. The molecule has 1 aromatic rings. The molecule has 0 spiro atoms. The monoisotopic (exact) mass is 177 g/mol. The molecule has 1 heterocycles. The van der Waals surface area contributed by atoms with Crippen molar-refractivity contribution in [1.29, 1.82) is 0 Å². The van der Waals surface area contributed by atoms with E-state index in [-0.39, 0.29) is 5.56 Å². The molecule has 1 rings (SSSR count). The lowest BCUT2D eigenvalue weighted by atomic mass is 10.5. The van der Waals surface area contributed by atoms with Gasteiger partial charge < -0.3 is 4.57 Å². The van der Waals surface area contributed by atoms with E-state index in [0.717, 1.165) is 0 Å². The number of hydrogen-bond acceptors (Lipinski definition) is 1. The zero-order valence-electron chi connectivity index (χ0n) is 5.27. The van der Waals surface area contributed by atoms with Gasteiger partial charge in [-0.3, -0.25) is 4.79 Å². The molecule has 54 valence electrons. The van der Waals surface area contributed by atoms with Gasteiger partial charge in [-0.2, -0.15) is 0 Å². The normalized spacial score (nSPS) is 9.90. The lowest BCUT2D eigenvalue weighted by Crippen LogP contribution is -2.13. The summed E-state index contributed by atoms with van der Waals surface area (Å²) in [6, 6.07) is 1.28. The number of nitrogens with zero attached hydrogens (tertiary/aromatic N) is 1. The summed E-state index contributed by atoms with van der Waals surface area (Å²) in [4.78, 5) is 10.8. The second-order valence-electron chi connectivity index (χ2n) is 1.92. The average Bonchev–Trinajstić information content (AvgIpc) is 1.84. The third-order valence-corrected chi connectivity index (χ3v) is 1.84. The number of hydrogen-bond donors (Lipinski definition) is 0. The largest absolute Gasteiger partial charge is 0.317 e. The summed E-state index contributed by atoms with van der Waals surface area (Å²) in [5, 5.41) is 0.688. The van der Waals surface area contributed by atoms with Crippen LogP contribution in [-0.2, 0) is 7.05 Å². The van der Waals surface area contributed by atoms with E-state index >= 15 is 0 Å². The third kappa shape index (κ3) is 1.33. The van der Waals surface area contributed by atoms with Crippen molar-refractivity contribution in [3.63, 3.8) is 0 Å². The summed E-state index contributed by atoms with van der Waals surface area (Å²) in [5.41, 5.74) is -0.158. The summed E-state index contributed by atoms with van der Waals surface area (Å²) in [6.07, 6.45) is 1.48. The molecule has 10 heavy (non-hydrogen) atoms. The summed E-state index contributed by atoms with van der Waals surface area (Å²) in [7, 11) is 1.62. The Morgan fingerprint density at radius 1 is 1.40 bits per heavy atom. The van der Waals surface area contributed by atoms with E-state index in [1.807, 2.05) is 0 Å². The maximum atomic E-state index is 10.8. The summed E-state index contributed by atoms with van der Waals surface area (Å²) in [6.45, 7) is 0. The Hall–Kier alpha value is -0.470. The Morgan fingerprint density at radius 3 is 2.50 bits per heavy atom. The number of aryl methyl sites for hydroxylation is 1. The Labute approximate surface area is 68.0 Å². The van der Waals surface area contributed by atoms with Crippen molar-refractivity contribution in [3.05, 3.63) is 32.7 Å². The Balaban J connectivity index is 3.43. The van der Waals surface area contributed by atoms with Crippen molar-refractivity contribution >= 4 is 23.2 Å². The van der Waals surface area contributed by atoms with E-state index in [1.165, 1.54) is 16.8 Å². The fraction of sp³-hybridized carbons (Fsp3) is 0.167. The molecule has 0 saturated carbocycles. The van der Waals surface area contributed by atoms with E-state index in [0.29, 0.717) is 10.0 Å². The Morgan fingerprint density at radius 2 is 2.00 bits per heavy atom. The maximum absolute atomic E-state index is 10.8. The lowest BCUT2D eigenvalue weighted by Gasteiger charge is -1.97. The van der Waals surface area contributed by atoms with E-state index < -0.39 is 0 Å². The van der Waals surface area contributed by atoms with Gasteiger partial charge in [0.1, 0.15) is 0 Å². The fourth-order valence-corrected chi connectivity index (χ4v) is 0.918. The van der Waals surface area contributed by atoms with Crippen LogP contribution in [0.15, 0.2) is 17.1 Å². The molecule has 0 unspecified atom stereocenters. The molecule has 0 aliphatic rings. The van der Waals surface area contributed by atoms with Gasteiger partial charge >= 0.3 is 0 Å². The summed E-state index contributed by atoms with van der Waals surface area (Å²) < 4.78 is 1.37. The molecule has 2 nitrogen and oxygen atoms in total. The topological polar surface area (TPSA) is 22.0 Å². The minimum Gasteiger partial charge on any atom is -0.317 e. The third-order valence-electron chi connectivity index (χ3n) is 1.13. The molecular weight excluding hydrogens is 173 g/mol. The van der Waals surface area contributed by atoms with Crippen LogP contribution >= 0.6 is 23.2 Å². The van der Waals surface area contributed by atoms with Crippen LogP contribution in [0, 0.1) is 0 Å². The first-order valence-corrected chi connectivity index (χ1v) is 3.38. The van der Waals surface area contributed by atoms with Gasteiger partial charge in [-0.05, 0) is 0 Å². The molecular formula is C6H5Cl2NO. The standard InChI is InChI=1S/C6H5Cl2NO/c1-9-3-5(8)4(7)2-6(9)10/h2-3H,1H3. The van der Waals surface area contributed by atoms with Gasteiger partial charge in [-0.1, -0.05) is 23.2 Å². The van der Waals surface area contributed by atoms with Crippen molar-refractivity contribution in [2.24, 2.45) is 7.05 Å². The van der Waals surface area contributed by atoms with Gasteiger partial charge in [0.25, 0.3) is 5.56 Å². The molecule has 0 fully saturated rings. The van der Waals surface area contributed by atoms with E-state index in [4.69, 9.17) is 23.2 Å². The van der Waals surface area contributed by atoms with Crippen molar-refractivity contribution in [1.82, 2.24) is 4.57 Å². The average molecular weight is 178 g/mol. The van der Waals surface area contributed by atoms with Crippen LogP contribution in [0.2, 0.25) is 10.0 Å². The molecule has 0 bridgehead atoms. The van der Waals surface area contributed by atoms with E-state index in [2.05, 4.69) is 0 Å². The fourth-order valence-electron chi connectivity index (χ4n) is 0.574. The summed E-state index contributed by atoms with van der Waals surface area (Å²) >= 11 is 11.1. The first kappa shape index (κ1) is 7.63. The Kier molecular flexibility index (Phi) is 2.02. The van der Waals surface area contributed by atoms with Gasteiger partial charge in [0.2, 0.25) is 0 Å². The van der Waals surface area contributed by atoms with Crippen LogP contribution < -0.4 is 5.56 Å². The predicted octanol–water partition coefficient (Wildman–Crippen LogP) is 1.69. The van der Waals surface area contributed by atoms with Crippen molar-refractivity contribution < 1.29 is 0 Å². The molecule has 1 aromatic heterocycles. The lowest BCUT2D eigenvalue weighted by molar-refractivity contribution is 0.861. The molecule has 0 radical (unpaired) electrons. The highest BCUT2D eigenvalue weighted by molar-refractivity contribution is 6.41. The Bertz CT molecular complexity index is 305. The number of halogens is 2. The van der Waals surface area contributed by atoms with Crippen LogP contribution in [0.4, 0.5) is 0 Å². The molecule has 0 aromatic carbocycles. The molecule has 0 N–H and O–H groups in total. The highest BCUT2D eigenvalue weighted by atomic mass is 35.5. The number of rotatable bonds is 0. The van der Waals surface area contributed by atoms with Crippen LogP contribution in [-0.4, -0.2) is 4.57 Å². The quantitative estimate of drug-likeness (QED) is 0.592. The SMILES string of the molecule is Cn1cc(Cl)c(Cl)cc1=O. The van der Waals surface area contributed by atoms with Crippen molar-refractivity contribution in [3.8, 4) is 0 Å². The van der Waals surface area contributed by atoms with Crippen molar-refractivity contribution in [2.75, 3.05) is 0 Å². The molecule has 0 amide bonds. The molecule has 0 aliphatic carbocycles. The van der Waals surface area contributed by atoms with E-state index in [1.54, 1.807) is 7.05 Å². The molecule has 4 heteroatoms. The minimum absolute atomic E-state index is 0.158. The van der Waals surface area contributed by atoms with Crippen molar-refractivity contribution in [2.45, 2.75) is 0 Å². The highest BCUT2D eigenvalue weighted by Crippen LogP contribution is 2.17. The first-order valence-electron chi connectivity index (χ1n) is 2.63. The number of pyridine rings is 1. The van der Waals surface area contributed by atoms with Gasteiger partial charge in [0.15, 0.2) is 0 Å². The van der Waals surface area contributed by atoms with Crippen LogP contribution in [0.25, 0.3) is 0 Å². The van der Waals surface area contributed by atoms with Crippen LogP contribution in [0.1, 0.15) is 0 Å². The molecule has 0 aliphatic heterocycles. The second-order valence-corrected chi connectivity index (χ2v) is 2.73. The minimum atomic E-state index is -0.158. The summed E-state index contributed by atoms with van der Waals surface area (Å²) in [5.74, 6) is 0. The first-order chi connectivity index (χ1) is 4.61. The maximum Gasteiger partial charge on any atom is 0.251 e. The van der Waals surface area contributed by atoms with Gasteiger partial charge in [-0.15, -0.1) is 0 Å². The van der Waals surface area contributed by atoms with Gasteiger partial charge in [0.05, 0.1) is 10.0 Å². The zero-order chi connectivity index (χ0) is 7.72. The van der Waals surface area contributed by atoms with Crippen LogP contribution in [0.5, 0.6) is 0 Å². The highest BCUT2D eigenvalue weighted by Gasteiger charge is 1.98. The molecule has 0 saturated heterocycles. The van der Waals surface area contributed by atoms with E-state index in [9.17, 15) is 4.79 Å². The number of aromatic nitrogens is 1.